The van der Waals surface area contributed by atoms with E-state index >= 15 is 0 Å². The molecule has 1 aliphatic heterocycles. The van der Waals surface area contributed by atoms with Crippen LogP contribution in [0.15, 0.2) is 53.2 Å². The van der Waals surface area contributed by atoms with E-state index in [2.05, 4.69) is 10.1 Å². The molecular weight excluding hydrogens is 358 g/mol. The molecule has 7 nitrogen and oxygen atoms in total. The van der Waals surface area contributed by atoms with Crippen LogP contribution in [0.1, 0.15) is 21.7 Å². The van der Waals surface area contributed by atoms with Gasteiger partial charge < -0.3 is 18.9 Å². The summed E-state index contributed by atoms with van der Waals surface area (Å²) in [6.07, 6.45) is 1.67. The van der Waals surface area contributed by atoms with Gasteiger partial charge in [0.05, 0.1) is 17.2 Å². The lowest BCUT2D eigenvalue weighted by atomic mass is 10.1. The first-order chi connectivity index (χ1) is 13.7. The third kappa shape index (κ3) is 3.61. The number of methoxy groups -OCH3 is 1. The Morgan fingerprint density at radius 3 is 2.68 bits per heavy atom. The second kappa shape index (κ2) is 7.82. The molecule has 0 bridgehead atoms. The third-order valence-electron chi connectivity index (χ3n) is 4.85. The molecule has 4 rings (SSSR count). The second-order valence-electron chi connectivity index (χ2n) is 6.67. The number of likely N-dealkylation sites (tertiary alicyclic amines) is 1. The number of aromatic nitrogens is 2. The van der Waals surface area contributed by atoms with Gasteiger partial charge in [-0.2, -0.15) is 0 Å². The van der Waals surface area contributed by atoms with E-state index in [1.807, 2.05) is 37.3 Å². The van der Waals surface area contributed by atoms with Gasteiger partial charge in [0.2, 0.25) is 5.88 Å². The molecule has 1 aromatic carbocycles. The summed E-state index contributed by atoms with van der Waals surface area (Å²) in [5, 5.41) is 4.15. The number of pyridine rings is 1. The maximum absolute atomic E-state index is 12.4. The van der Waals surface area contributed by atoms with Crippen molar-refractivity contribution in [1.82, 2.24) is 15.0 Å². The van der Waals surface area contributed by atoms with Crippen molar-refractivity contribution in [3.8, 4) is 17.1 Å². The van der Waals surface area contributed by atoms with Crippen molar-refractivity contribution in [1.29, 1.82) is 0 Å². The number of amides is 1. The van der Waals surface area contributed by atoms with Crippen molar-refractivity contribution in [2.75, 3.05) is 20.2 Å². The molecule has 0 aliphatic carbocycles. The average molecular weight is 379 g/mol. The number of benzene rings is 1. The van der Waals surface area contributed by atoms with Crippen LogP contribution in [-0.2, 0) is 11.3 Å². The summed E-state index contributed by atoms with van der Waals surface area (Å²) < 4.78 is 16.3. The van der Waals surface area contributed by atoms with Gasteiger partial charge in [0.1, 0.15) is 18.1 Å². The minimum atomic E-state index is -0.0476. The molecule has 0 spiro atoms. The van der Waals surface area contributed by atoms with Crippen molar-refractivity contribution >= 4 is 5.91 Å². The first-order valence-corrected chi connectivity index (χ1v) is 9.07. The van der Waals surface area contributed by atoms with Crippen LogP contribution in [0.5, 0.6) is 5.88 Å². The lowest BCUT2D eigenvalue weighted by Crippen LogP contribution is -2.54. The topological polar surface area (TPSA) is 77.7 Å². The van der Waals surface area contributed by atoms with Crippen LogP contribution in [0.25, 0.3) is 11.3 Å². The lowest BCUT2D eigenvalue weighted by Gasteiger charge is -2.38. The smallest absolute Gasteiger partial charge is 0.255 e. The highest BCUT2D eigenvalue weighted by Crippen LogP contribution is 2.26. The number of hydrogen-bond acceptors (Lipinski definition) is 6. The number of nitrogens with zero attached hydrogens (tertiary/aromatic N) is 3. The van der Waals surface area contributed by atoms with E-state index in [0.717, 1.165) is 16.8 Å². The third-order valence-corrected chi connectivity index (χ3v) is 4.85. The summed E-state index contributed by atoms with van der Waals surface area (Å²) in [5.41, 5.74) is 3.14. The minimum Gasteiger partial charge on any atom is -0.473 e. The number of carbonyl (C=O) groups excluding carboxylic acids is 1. The Morgan fingerprint density at radius 1 is 1.21 bits per heavy atom. The molecule has 28 heavy (non-hydrogen) atoms. The summed E-state index contributed by atoms with van der Waals surface area (Å²) >= 11 is 0. The van der Waals surface area contributed by atoms with E-state index in [9.17, 15) is 4.79 Å². The summed E-state index contributed by atoms with van der Waals surface area (Å²) in [7, 11) is 1.65. The van der Waals surface area contributed by atoms with Crippen LogP contribution in [0, 0.1) is 6.92 Å². The molecule has 144 valence electrons. The van der Waals surface area contributed by atoms with Gasteiger partial charge in [0, 0.05) is 38.0 Å². The van der Waals surface area contributed by atoms with Crippen molar-refractivity contribution in [2.24, 2.45) is 0 Å². The number of rotatable bonds is 6. The fraction of sp³-hybridized carbons (Fsp3) is 0.286. The summed E-state index contributed by atoms with van der Waals surface area (Å²) in [6.45, 7) is 3.36. The van der Waals surface area contributed by atoms with E-state index in [-0.39, 0.29) is 18.6 Å². The molecule has 0 atom stereocenters. The summed E-state index contributed by atoms with van der Waals surface area (Å²) in [4.78, 5) is 18.4. The number of hydrogen-bond donors (Lipinski definition) is 0. The molecule has 3 heterocycles. The van der Waals surface area contributed by atoms with Crippen LogP contribution < -0.4 is 4.74 Å². The molecule has 3 aromatic rings. The molecule has 2 aromatic heterocycles. The SMILES string of the molecule is COC1CN(C(=O)c2ccc(OCc3c(-c4ccccc4)noc3C)nc2)C1. The molecule has 0 N–H and O–H groups in total. The Bertz CT molecular complexity index is 948. The van der Waals surface area contributed by atoms with E-state index in [0.29, 0.717) is 30.3 Å². The largest absolute Gasteiger partial charge is 0.473 e. The Balaban J connectivity index is 1.41. The molecule has 1 fully saturated rings. The molecule has 0 unspecified atom stereocenters. The molecule has 1 saturated heterocycles. The van der Waals surface area contributed by atoms with E-state index in [4.69, 9.17) is 14.0 Å². The molecule has 0 radical (unpaired) electrons. The lowest BCUT2D eigenvalue weighted by molar-refractivity contribution is -0.0192. The first kappa shape index (κ1) is 18.2. The monoisotopic (exact) mass is 379 g/mol. The Morgan fingerprint density at radius 2 is 2.00 bits per heavy atom. The summed E-state index contributed by atoms with van der Waals surface area (Å²) in [5.74, 6) is 1.10. The van der Waals surface area contributed by atoms with Gasteiger partial charge in [-0.3, -0.25) is 4.79 Å². The van der Waals surface area contributed by atoms with Crippen molar-refractivity contribution < 1.29 is 18.8 Å². The predicted octanol–water partition coefficient (Wildman–Crippen LogP) is 3.09. The Labute approximate surface area is 162 Å². The van der Waals surface area contributed by atoms with E-state index in [1.165, 1.54) is 6.20 Å². The van der Waals surface area contributed by atoms with Crippen LogP contribution in [0.2, 0.25) is 0 Å². The highest BCUT2D eigenvalue weighted by atomic mass is 16.5. The zero-order valence-corrected chi connectivity index (χ0v) is 15.8. The van der Waals surface area contributed by atoms with E-state index < -0.39 is 0 Å². The quantitative estimate of drug-likeness (QED) is 0.655. The van der Waals surface area contributed by atoms with Crippen LogP contribution in [0.3, 0.4) is 0 Å². The van der Waals surface area contributed by atoms with Gasteiger partial charge in [0.25, 0.3) is 5.91 Å². The zero-order chi connectivity index (χ0) is 19.5. The van der Waals surface area contributed by atoms with Gasteiger partial charge in [0.15, 0.2) is 0 Å². The second-order valence-corrected chi connectivity index (χ2v) is 6.67. The van der Waals surface area contributed by atoms with Crippen LogP contribution in [0.4, 0.5) is 0 Å². The molecule has 1 aliphatic rings. The van der Waals surface area contributed by atoms with Crippen molar-refractivity contribution in [3.63, 3.8) is 0 Å². The van der Waals surface area contributed by atoms with E-state index in [1.54, 1.807) is 24.1 Å². The average Bonchev–Trinajstić information content (AvgIpc) is 3.07. The first-order valence-electron chi connectivity index (χ1n) is 9.07. The van der Waals surface area contributed by atoms with Gasteiger partial charge in [-0.15, -0.1) is 0 Å². The predicted molar refractivity (Wildman–Crippen MR) is 102 cm³/mol. The van der Waals surface area contributed by atoms with Gasteiger partial charge in [-0.25, -0.2) is 4.98 Å². The summed E-state index contributed by atoms with van der Waals surface area (Å²) in [6, 6.07) is 13.2. The molecule has 7 heteroatoms. The maximum atomic E-state index is 12.4. The number of aryl methyl sites for hydroxylation is 1. The van der Waals surface area contributed by atoms with Crippen LogP contribution in [-0.4, -0.2) is 47.3 Å². The number of carbonyl (C=O) groups is 1. The van der Waals surface area contributed by atoms with Gasteiger partial charge >= 0.3 is 0 Å². The Kier molecular flexibility index (Phi) is 5.08. The van der Waals surface area contributed by atoms with Gasteiger partial charge in [-0.1, -0.05) is 35.5 Å². The minimum absolute atomic E-state index is 0.0476. The standard InChI is InChI=1S/C21H21N3O4/c1-14-18(20(23-28-14)15-6-4-3-5-7-15)13-27-19-9-8-16(10-22-19)21(25)24-11-17(12-24)26-2/h3-10,17H,11-13H2,1-2H3. The normalized spacial score (nSPS) is 14.0. The Hall–Kier alpha value is -3.19. The highest BCUT2D eigenvalue weighted by molar-refractivity contribution is 5.94. The highest BCUT2D eigenvalue weighted by Gasteiger charge is 2.31. The number of ether oxygens (including phenoxy) is 2. The zero-order valence-electron chi connectivity index (χ0n) is 15.8. The van der Waals surface area contributed by atoms with Crippen molar-refractivity contribution in [2.45, 2.75) is 19.6 Å². The van der Waals surface area contributed by atoms with Crippen molar-refractivity contribution in [3.05, 3.63) is 65.5 Å². The molecule has 1 amide bonds. The fourth-order valence-corrected chi connectivity index (χ4v) is 3.06. The fourth-order valence-electron chi connectivity index (χ4n) is 3.06. The molecule has 0 saturated carbocycles. The maximum Gasteiger partial charge on any atom is 0.255 e. The molecular formula is C21H21N3O4. The van der Waals surface area contributed by atoms with Crippen LogP contribution >= 0.6 is 0 Å². The van der Waals surface area contributed by atoms with Gasteiger partial charge in [-0.05, 0) is 13.0 Å².